The molecule has 2 aromatic carbocycles. The van der Waals surface area contributed by atoms with Crippen LogP contribution >= 0.6 is 0 Å². The number of carbonyl (C=O) groups excluding carboxylic acids is 1. The highest BCUT2D eigenvalue weighted by molar-refractivity contribution is 7.89. The highest BCUT2D eigenvalue weighted by Gasteiger charge is 2.29. The number of anilines is 1. The van der Waals surface area contributed by atoms with Crippen LogP contribution in [0.15, 0.2) is 58.2 Å². The highest BCUT2D eigenvalue weighted by Crippen LogP contribution is 2.27. The van der Waals surface area contributed by atoms with Gasteiger partial charge in [-0.3, -0.25) is 14.3 Å². The van der Waals surface area contributed by atoms with Crippen molar-refractivity contribution in [3.05, 3.63) is 70.1 Å². The molecule has 0 radical (unpaired) electrons. The monoisotopic (exact) mass is 456 g/mol. The summed E-state index contributed by atoms with van der Waals surface area (Å²) in [6.07, 6.45) is 1.57. The molecule has 0 aliphatic carbocycles. The minimum atomic E-state index is -3.77. The smallest absolute Gasteiger partial charge is 0.295 e. The van der Waals surface area contributed by atoms with Crippen molar-refractivity contribution in [3.8, 4) is 11.4 Å². The van der Waals surface area contributed by atoms with E-state index in [0.29, 0.717) is 24.5 Å². The van der Waals surface area contributed by atoms with Crippen molar-refractivity contribution in [1.29, 1.82) is 0 Å². The summed E-state index contributed by atoms with van der Waals surface area (Å²) in [6.45, 7) is 2.53. The number of benzene rings is 2. The first-order chi connectivity index (χ1) is 15.2. The number of carbonyl (C=O) groups is 1. The topological polar surface area (TPSA) is 114 Å². The second-order valence-electron chi connectivity index (χ2n) is 7.68. The molecule has 1 saturated heterocycles. The van der Waals surface area contributed by atoms with E-state index < -0.39 is 21.5 Å². The van der Waals surface area contributed by atoms with E-state index in [1.54, 1.807) is 42.9 Å². The van der Waals surface area contributed by atoms with Crippen LogP contribution in [0.1, 0.15) is 28.9 Å². The molecule has 0 unspecified atom stereocenters. The molecule has 1 aliphatic rings. The lowest BCUT2D eigenvalue weighted by Gasteiger charge is -2.16. The van der Waals surface area contributed by atoms with Crippen molar-refractivity contribution in [3.63, 3.8) is 0 Å². The molecule has 0 atom stereocenters. The fourth-order valence-corrected chi connectivity index (χ4v) is 5.37. The fourth-order valence-electron chi connectivity index (χ4n) is 3.83. The Labute approximate surface area is 185 Å². The molecule has 2 N–H and O–H groups in total. The lowest BCUT2D eigenvalue weighted by atomic mass is 10.2. The Hall–Kier alpha value is -3.37. The van der Waals surface area contributed by atoms with E-state index >= 15 is 0 Å². The van der Waals surface area contributed by atoms with Crippen molar-refractivity contribution in [2.75, 3.05) is 18.4 Å². The Kier molecular flexibility index (Phi) is 5.66. The number of sulfonamides is 1. The molecular weight excluding hydrogens is 432 g/mol. The summed E-state index contributed by atoms with van der Waals surface area (Å²) < 4.78 is 30.1. The number of phenols is 1. The second kappa shape index (κ2) is 8.29. The molecule has 168 valence electrons. The van der Waals surface area contributed by atoms with E-state index in [2.05, 4.69) is 5.32 Å². The molecule has 3 aromatic rings. The molecule has 0 spiro atoms. The van der Waals surface area contributed by atoms with Gasteiger partial charge in [-0.05, 0) is 50.1 Å². The van der Waals surface area contributed by atoms with Crippen LogP contribution in [0.25, 0.3) is 5.69 Å². The van der Waals surface area contributed by atoms with Gasteiger partial charge in [0, 0.05) is 20.1 Å². The van der Waals surface area contributed by atoms with E-state index in [1.807, 2.05) is 6.07 Å². The maximum Gasteiger partial charge on any atom is 0.295 e. The van der Waals surface area contributed by atoms with Crippen molar-refractivity contribution in [2.24, 2.45) is 7.05 Å². The highest BCUT2D eigenvalue weighted by atomic mass is 32.2. The molecule has 9 nitrogen and oxygen atoms in total. The summed E-state index contributed by atoms with van der Waals surface area (Å²) >= 11 is 0. The number of amides is 1. The molecule has 0 saturated carbocycles. The van der Waals surface area contributed by atoms with Crippen molar-refractivity contribution in [1.82, 2.24) is 13.7 Å². The Balaban J connectivity index is 1.69. The number of para-hydroxylation sites is 1. The normalized spacial score (nSPS) is 14.6. The molecule has 32 heavy (non-hydrogen) atoms. The van der Waals surface area contributed by atoms with E-state index in [0.717, 1.165) is 18.9 Å². The Morgan fingerprint density at radius 2 is 1.72 bits per heavy atom. The summed E-state index contributed by atoms with van der Waals surface area (Å²) in [5.74, 6) is -1.15. The van der Waals surface area contributed by atoms with E-state index in [9.17, 15) is 23.1 Å². The minimum Gasteiger partial charge on any atom is -0.507 e. The summed E-state index contributed by atoms with van der Waals surface area (Å²) in [7, 11) is -2.07. The number of hydrogen-bond donors (Lipinski definition) is 2. The second-order valence-corrected chi connectivity index (χ2v) is 9.62. The fraction of sp³-hybridized carbons (Fsp3) is 0.273. The van der Waals surface area contributed by atoms with Crippen molar-refractivity contribution >= 4 is 21.6 Å². The summed E-state index contributed by atoms with van der Waals surface area (Å²) in [6, 6.07) is 12.6. The Morgan fingerprint density at radius 3 is 2.38 bits per heavy atom. The largest absolute Gasteiger partial charge is 0.507 e. The molecule has 4 rings (SSSR count). The molecular formula is C22H24N4O5S. The van der Waals surface area contributed by atoms with Gasteiger partial charge in [0.15, 0.2) is 0 Å². The van der Waals surface area contributed by atoms with Gasteiger partial charge in [-0.2, -0.15) is 4.31 Å². The lowest BCUT2D eigenvalue weighted by Crippen LogP contribution is -2.28. The average molecular weight is 457 g/mol. The summed E-state index contributed by atoms with van der Waals surface area (Å²) in [5.41, 5.74) is 0.523. The van der Waals surface area contributed by atoms with Crippen LogP contribution in [0.4, 0.5) is 5.69 Å². The third-order valence-electron chi connectivity index (χ3n) is 5.71. The van der Waals surface area contributed by atoms with Gasteiger partial charge in [-0.15, -0.1) is 0 Å². The molecule has 0 bridgehead atoms. The van der Waals surface area contributed by atoms with Gasteiger partial charge in [0.2, 0.25) is 10.0 Å². The van der Waals surface area contributed by atoms with Crippen LogP contribution in [0.3, 0.4) is 0 Å². The van der Waals surface area contributed by atoms with Gasteiger partial charge in [0.25, 0.3) is 11.5 Å². The zero-order valence-corrected chi connectivity index (χ0v) is 18.6. The van der Waals surface area contributed by atoms with Gasteiger partial charge < -0.3 is 10.4 Å². The minimum absolute atomic E-state index is 0.0496. The summed E-state index contributed by atoms with van der Waals surface area (Å²) in [5, 5.41) is 12.8. The first-order valence-electron chi connectivity index (χ1n) is 10.2. The number of phenolic OH excluding ortho intramolecular Hbond substituents is 1. The first kappa shape index (κ1) is 21.8. The van der Waals surface area contributed by atoms with Crippen LogP contribution in [0, 0.1) is 6.92 Å². The standard InChI is InChI=1S/C22H24N4O5S/c1-15-20(22(29)26(24(15)2)16-8-4-3-5-9-16)23-21(28)18-14-17(10-11-19(18)27)32(30,31)25-12-6-7-13-25/h3-5,8-11,14,27H,6-7,12-13H2,1-2H3,(H,23,28). The van der Waals surface area contributed by atoms with Crippen LogP contribution < -0.4 is 10.9 Å². The number of nitrogens with one attached hydrogen (secondary N) is 1. The predicted molar refractivity (Wildman–Crippen MR) is 120 cm³/mol. The maximum absolute atomic E-state index is 13.0. The SMILES string of the molecule is Cc1c(NC(=O)c2cc(S(=O)(=O)N3CCCC3)ccc2O)c(=O)n(-c2ccccc2)n1C. The van der Waals surface area contributed by atoms with E-state index in [4.69, 9.17) is 0 Å². The first-order valence-corrected chi connectivity index (χ1v) is 11.6. The Morgan fingerprint density at radius 1 is 1.06 bits per heavy atom. The van der Waals surface area contributed by atoms with E-state index in [1.165, 1.54) is 21.1 Å². The average Bonchev–Trinajstić information content (AvgIpc) is 3.39. The third kappa shape index (κ3) is 3.71. The number of rotatable bonds is 5. The number of hydrogen-bond acceptors (Lipinski definition) is 5. The van der Waals surface area contributed by atoms with Gasteiger partial charge in [-0.1, -0.05) is 18.2 Å². The van der Waals surface area contributed by atoms with Crippen LogP contribution in [0.5, 0.6) is 5.75 Å². The van der Waals surface area contributed by atoms with Crippen LogP contribution in [-0.4, -0.2) is 46.2 Å². The maximum atomic E-state index is 13.0. The van der Waals surface area contributed by atoms with Crippen molar-refractivity contribution < 1.29 is 18.3 Å². The van der Waals surface area contributed by atoms with Gasteiger partial charge in [0.1, 0.15) is 11.4 Å². The molecule has 1 fully saturated rings. The summed E-state index contributed by atoms with van der Waals surface area (Å²) in [4.78, 5) is 25.9. The lowest BCUT2D eigenvalue weighted by molar-refractivity contribution is 0.102. The number of aromatic hydroxyl groups is 1. The van der Waals surface area contributed by atoms with Crippen LogP contribution in [-0.2, 0) is 17.1 Å². The number of nitrogens with zero attached hydrogens (tertiary/aromatic N) is 3. The van der Waals surface area contributed by atoms with E-state index in [-0.39, 0.29) is 21.9 Å². The molecule has 2 heterocycles. The molecule has 1 amide bonds. The third-order valence-corrected chi connectivity index (χ3v) is 7.60. The quantitative estimate of drug-likeness (QED) is 0.611. The van der Waals surface area contributed by atoms with Gasteiger partial charge >= 0.3 is 0 Å². The number of aromatic nitrogens is 2. The molecule has 1 aliphatic heterocycles. The zero-order valence-electron chi connectivity index (χ0n) is 17.8. The van der Waals surface area contributed by atoms with Crippen molar-refractivity contribution in [2.45, 2.75) is 24.7 Å². The van der Waals surface area contributed by atoms with Gasteiger partial charge in [-0.25, -0.2) is 13.1 Å². The zero-order chi connectivity index (χ0) is 23.0. The molecule has 1 aromatic heterocycles. The molecule has 10 heteroatoms. The van der Waals surface area contributed by atoms with Crippen LogP contribution in [0.2, 0.25) is 0 Å². The Bertz CT molecular complexity index is 1340. The van der Waals surface area contributed by atoms with Gasteiger partial charge in [0.05, 0.1) is 21.8 Å². The predicted octanol–water partition coefficient (Wildman–Crippen LogP) is 2.23.